The van der Waals surface area contributed by atoms with E-state index >= 15 is 0 Å². The summed E-state index contributed by atoms with van der Waals surface area (Å²) >= 11 is 0. The number of nitriles is 1. The zero-order valence-corrected chi connectivity index (χ0v) is 10.6. The lowest BCUT2D eigenvalue weighted by Crippen LogP contribution is -2.11. The fourth-order valence-electron chi connectivity index (χ4n) is 1.62. The van der Waals surface area contributed by atoms with Crippen LogP contribution in [-0.2, 0) is 11.2 Å². The Labute approximate surface area is 109 Å². The molecule has 19 heavy (non-hydrogen) atoms. The van der Waals surface area contributed by atoms with E-state index in [-0.39, 0.29) is 23.5 Å². The Morgan fingerprint density at radius 1 is 1.42 bits per heavy atom. The molecule has 0 unspecified atom stereocenters. The smallest absolute Gasteiger partial charge is 0.387 e. The molecule has 102 valence electrons. The number of aryl methyl sites for hydroxylation is 1. The number of rotatable bonds is 5. The first-order valence-corrected chi connectivity index (χ1v) is 5.72. The Hall–Kier alpha value is -2.16. The van der Waals surface area contributed by atoms with E-state index in [4.69, 9.17) is 10.00 Å². The van der Waals surface area contributed by atoms with E-state index in [1.165, 1.54) is 6.07 Å². The highest BCUT2D eigenvalue weighted by Gasteiger charge is 2.19. The van der Waals surface area contributed by atoms with E-state index in [1.807, 2.05) is 6.07 Å². The predicted octanol–water partition coefficient (Wildman–Crippen LogP) is 2.90. The van der Waals surface area contributed by atoms with Crippen LogP contribution in [0.1, 0.15) is 35.3 Å². The average molecular weight is 269 g/mol. The van der Waals surface area contributed by atoms with Gasteiger partial charge in [0.2, 0.25) is 0 Å². The normalized spacial score (nSPS) is 10.1. The van der Waals surface area contributed by atoms with Crippen LogP contribution in [0.15, 0.2) is 12.1 Å². The first-order chi connectivity index (χ1) is 9.03. The number of hydrogen-bond donors (Lipinski definition) is 0. The molecule has 0 aromatic heterocycles. The van der Waals surface area contributed by atoms with E-state index in [2.05, 4.69) is 4.74 Å². The summed E-state index contributed by atoms with van der Waals surface area (Å²) in [5, 5.41) is 9.07. The zero-order valence-electron chi connectivity index (χ0n) is 10.6. The van der Waals surface area contributed by atoms with Gasteiger partial charge >= 0.3 is 12.6 Å². The lowest BCUT2D eigenvalue weighted by Gasteiger charge is -2.11. The summed E-state index contributed by atoms with van der Waals surface area (Å²) in [7, 11) is 0. The van der Waals surface area contributed by atoms with Crippen molar-refractivity contribution in [3.05, 3.63) is 28.8 Å². The maximum absolute atomic E-state index is 12.2. The third-order valence-corrected chi connectivity index (χ3v) is 2.41. The van der Waals surface area contributed by atoms with Gasteiger partial charge in [0, 0.05) is 0 Å². The molecule has 0 amide bonds. The van der Waals surface area contributed by atoms with E-state index in [1.54, 1.807) is 13.8 Å². The molecule has 0 aliphatic carbocycles. The molecule has 0 radical (unpaired) electrons. The highest BCUT2D eigenvalue weighted by Crippen LogP contribution is 2.25. The standard InChI is InChI=1S/C13H13F2NO3/c1-3-8-5-9(19-13(14)15)6-10(11(8)7-16)12(17)18-4-2/h5-6,13H,3-4H2,1-2H3. The third kappa shape index (κ3) is 3.65. The Bertz CT molecular complexity index is 509. The molecule has 6 heteroatoms. The maximum atomic E-state index is 12.2. The largest absolute Gasteiger partial charge is 0.462 e. The molecule has 0 heterocycles. The van der Waals surface area contributed by atoms with Crippen LogP contribution in [0.3, 0.4) is 0 Å². The van der Waals surface area contributed by atoms with Gasteiger partial charge in [0.15, 0.2) is 0 Å². The minimum atomic E-state index is -2.99. The van der Waals surface area contributed by atoms with Crippen LogP contribution in [-0.4, -0.2) is 19.2 Å². The van der Waals surface area contributed by atoms with E-state index in [0.717, 1.165) is 6.07 Å². The molecular formula is C13H13F2NO3. The minimum Gasteiger partial charge on any atom is -0.462 e. The summed E-state index contributed by atoms with van der Waals surface area (Å²) in [5.74, 6) is -0.887. The summed E-state index contributed by atoms with van der Waals surface area (Å²) in [6, 6.07) is 4.32. The highest BCUT2D eigenvalue weighted by molar-refractivity contribution is 5.93. The van der Waals surface area contributed by atoms with Crippen molar-refractivity contribution < 1.29 is 23.0 Å². The van der Waals surface area contributed by atoms with Crippen LogP contribution < -0.4 is 4.74 Å². The van der Waals surface area contributed by atoms with Crippen LogP contribution >= 0.6 is 0 Å². The number of hydrogen-bond acceptors (Lipinski definition) is 4. The zero-order chi connectivity index (χ0) is 14.4. The average Bonchev–Trinajstić information content (AvgIpc) is 2.37. The van der Waals surface area contributed by atoms with Gasteiger partial charge in [0.1, 0.15) is 11.8 Å². The molecule has 0 aliphatic rings. The van der Waals surface area contributed by atoms with Gasteiger partial charge in [-0.25, -0.2) is 4.79 Å². The molecule has 0 saturated carbocycles. The van der Waals surface area contributed by atoms with Crippen LogP contribution in [0, 0.1) is 11.3 Å². The first kappa shape index (κ1) is 14.9. The second-order valence-electron chi connectivity index (χ2n) is 3.57. The number of carbonyl (C=O) groups excluding carboxylic acids is 1. The van der Waals surface area contributed by atoms with Crippen LogP contribution in [0.2, 0.25) is 0 Å². The van der Waals surface area contributed by atoms with Gasteiger partial charge in [0.05, 0.1) is 17.7 Å². The van der Waals surface area contributed by atoms with E-state index < -0.39 is 12.6 Å². The number of carbonyl (C=O) groups is 1. The SMILES string of the molecule is CCOC(=O)c1cc(OC(F)F)cc(CC)c1C#N. The molecular weight excluding hydrogens is 256 g/mol. The Kier molecular flexibility index (Phi) is 5.24. The molecule has 0 N–H and O–H groups in total. The van der Waals surface area contributed by atoms with Gasteiger partial charge in [-0.3, -0.25) is 0 Å². The van der Waals surface area contributed by atoms with E-state index in [0.29, 0.717) is 12.0 Å². The van der Waals surface area contributed by atoms with Crippen LogP contribution in [0.4, 0.5) is 8.78 Å². The number of esters is 1. The molecule has 1 aromatic carbocycles. The first-order valence-electron chi connectivity index (χ1n) is 5.72. The van der Waals surface area contributed by atoms with Gasteiger partial charge in [0.25, 0.3) is 0 Å². The predicted molar refractivity (Wildman–Crippen MR) is 63.1 cm³/mol. The monoisotopic (exact) mass is 269 g/mol. The molecule has 0 spiro atoms. The Morgan fingerprint density at radius 3 is 2.58 bits per heavy atom. The molecule has 0 fully saturated rings. The van der Waals surface area contributed by atoms with Crippen LogP contribution in [0.5, 0.6) is 5.75 Å². The Balaban J connectivity index is 3.32. The summed E-state index contributed by atoms with van der Waals surface area (Å²) in [6.45, 7) is 0.500. The molecule has 0 bridgehead atoms. The van der Waals surface area contributed by atoms with Gasteiger partial charge in [-0.05, 0) is 31.0 Å². The third-order valence-electron chi connectivity index (χ3n) is 2.41. The van der Waals surface area contributed by atoms with Crippen molar-refractivity contribution >= 4 is 5.97 Å². The number of alkyl halides is 2. The van der Waals surface area contributed by atoms with E-state index in [9.17, 15) is 13.6 Å². The van der Waals surface area contributed by atoms with Crippen molar-refractivity contribution in [1.82, 2.24) is 0 Å². The second-order valence-corrected chi connectivity index (χ2v) is 3.57. The number of nitrogens with zero attached hydrogens (tertiary/aromatic N) is 1. The minimum absolute atomic E-state index is 0.0562. The lowest BCUT2D eigenvalue weighted by molar-refractivity contribution is -0.0499. The summed E-state index contributed by atoms with van der Waals surface area (Å²) < 4.78 is 33.5. The van der Waals surface area contributed by atoms with Gasteiger partial charge < -0.3 is 9.47 Å². The van der Waals surface area contributed by atoms with Crippen molar-refractivity contribution in [1.29, 1.82) is 5.26 Å². The highest BCUT2D eigenvalue weighted by atomic mass is 19.3. The molecule has 1 aromatic rings. The van der Waals surface area contributed by atoms with Crippen molar-refractivity contribution in [3.8, 4) is 11.8 Å². The Morgan fingerprint density at radius 2 is 2.11 bits per heavy atom. The van der Waals surface area contributed by atoms with Crippen LogP contribution in [0.25, 0.3) is 0 Å². The van der Waals surface area contributed by atoms with Crippen molar-refractivity contribution in [2.45, 2.75) is 26.9 Å². The fourth-order valence-corrected chi connectivity index (χ4v) is 1.62. The number of ether oxygens (including phenoxy) is 2. The van der Waals surface area contributed by atoms with Gasteiger partial charge in [-0.15, -0.1) is 0 Å². The summed E-state index contributed by atoms with van der Waals surface area (Å²) in [4.78, 5) is 11.7. The number of benzene rings is 1. The number of halogens is 2. The van der Waals surface area contributed by atoms with Crippen molar-refractivity contribution in [3.63, 3.8) is 0 Å². The van der Waals surface area contributed by atoms with Crippen molar-refractivity contribution in [2.75, 3.05) is 6.61 Å². The van der Waals surface area contributed by atoms with Crippen molar-refractivity contribution in [2.24, 2.45) is 0 Å². The lowest BCUT2D eigenvalue weighted by atomic mass is 9.99. The molecule has 4 nitrogen and oxygen atoms in total. The quantitative estimate of drug-likeness (QED) is 0.771. The second kappa shape index (κ2) is 6.69. The summed E-state index contributed by atoms with van der Waals surface area (Å²) in [6.07, 6.45) is 0.412. The van der Waals surface area contributed by atoms with Gasteiger partial charge in [-0.1, -0.05) is 6.92 Å². The molecule has 0 atom stereocenters. The summed E-state index contributed by atoms with van der Waals surface area (Å²) in [5.41, 5.74) is 0.533. The maximum Gasteiger partial charge on any atom is 0.387 e. The molecule has 0 aliphatic heterocycles. The van der Waals surface area contributed by atoms with Gasteiger partial charge in [-0.2, -0.15) is 14.0 Å². The molecule has 1 rings (SSSR count). The topological polar surface area (TPSA) is 59.3 Å². The molecule has 0 saturated heterocycles. The fraction of sp³-hybridized carbons (Fsp3) is 0.385.